The van der Waals surface area contributed by atoms with Gasteiger partial charge in [0.2, 0.25) is 5.91 Å². The quantitative estimate of drug-likeness (QED) is 0.299. The number of nitrogens with zero attached hydrogens (tertiary/aromatic N) is 4. The molecule has 1 aromatic carbocycles. The van der Waals surface area contributed by atoms with Crippen molar-refractivity contribution in [2.24, 2.45) is 18.4 Å². The summed E-state index contributed by atoms with van der Waals surface area (Å²) >= 11 is 8.94. The summed E-state index contributed by atoms with van der Waals surface area (Å²) in [6.07, 6.45) is 4.08. The lowest BCUT2D eigenvalue weighted by atomic mass is 9.69. The number of aromatic nitrogens is 3. The zero-order valence-corrected chi connectivity index (χ0v) is 24.2. The summed E-state index contributed by atoms with van der Waals surface area (Å²) < 4.78 is 7.65. The largest absolute Gasteiger partial charge is 0.486 e. The SMILES string of the molecule is CCC(C)(C)C1CCc2c(sc(NC(=O)CSc3nnc(COc4ccc(Cl)c(C)c4)n3C)c2C#N)C1. The van der Waals surface area contributed by atoms with E-state index in [9.17, 15) is 10.1 Å². The van der Waals surface area contributed by atoms with E-state index in [2.05, 4.69) is 42.4 Å². The van der Waals surface area contributed by atoms with Crippen LogP contribution in [0.4, 0.5) is 5.00 Å². The van der Waals surface area contributed by atoms with Crippen LogP contribution in [-0.4, -0.2) is 26.4 Å². The molecule has 1 aliphatic carbocycles. The summed E-state index contributed by atoms with van der Waals surface area (Å²) in [6.45, 7) is 9.06. The number of amides is 1. The minimum Gasteiger partial charge on any atom is -0.486 e. The van der Waals surface area contributed by atoms with Gasteiger partial charge in [-0.3, -0.25) is 4.79 Å². The van der Waals surface area contributed by atoms with Gasteiger partial charge >= 0.3 is 0 Å². The van der Waals surface area contributed by atoms with Gasteiger partial charge in [0.15, 0.2) is 11.0 Å². The van der Waals surface area contributed by atoms with Crippen molar-refractivity contribution in [2.75, 3.05) is 11.1 Å². The molecule has 1 N–H and O–H groups in total. The Kier molecular flexibility index (Phi) is 8.52. The van der Waals surface area contributed by atoms with Crippen molar-refractivity contribution in [3.05, 3.63) is 50.6 Å². The van der Waals surface area contributed by atoms with Gasteiger partial charge in [-0.25, -0.2) is 0 Å². The lowest BCUT2D eigenvalue weighted by Gasteiger charge is -2.36. The van der Waals surface area contributed by atoms with Crippen molar-refractivity contribution >= 4 is 45.6 Å². The number of halogens is 1. The minimum absolute atomic E-state index is 0.164. The zero-order valence-electron chi connectivity index (χ0n) is 21.9. The molecule has 0 spiro atoms. The van der Waals surface area contributed by atoms with Gasteiger partial charge in [-0.15, -0.1) is 21.5 Å². The lowest BCUT2D eigenvalue weighted by molar-refractivity contribution is -0.113. The molecule has 0 aliphatic heterocycles. The molecule has 0 saturated carbocycles. The first-order chi connectivity index (χ1) is 17.6. The molecule has 0 radical (unpaired) electrons. The number of rotatable bonds is 9. The number of fused-ring (bicyclic) bond motifs is 1. The van der Waals surface area contributed by atoms with Gasteiger partial charge in [-0.1, -0.05) is 50.6 Å². The number of hydrogen-bond acceptors (Lipinski definition) is 7. The van der Waals surface area contributed by atoms with Crippen LogP contribution in [0, 0.1) is 29.6 Å². The molecule has 2 heterocycles. The monoisotopic (exact) mass is 557 g/mol. The van der Waals surface area contributed by atoms with Crippen molar-refractivity contribution < 1.29 is 9.53 Å². The number of thioether (sulfide) groups is 1. The first-order valence-electron chi connectivity index (χ1n) is 12.4. The Labute approximate surface area is 231 Å². The maximum absolute atomic E-state index is 12.8. The predicted octanol–water partition coefficient (Wildman–Crippen LogP) is 6.56. The Morgan fingerprint density at radius 3 is 2.89 bits per heavy atom. The molecule has 196 valence electrons. The van der Waals surface area contributed by atoms with Gasteiger partial charge in [0.25, 0.3) is 0 Å². The Bertz CT molecular complexity index is 1340. The van der Waals surface area contributed by atoms with Crippen LogP contribution in [0.25, 0.3) is 0 Å². The Morgan fingerprint density at radius 2 is 2.19 bits per heavy atom. The summed E-state index contributed by atoms with van der Waals surface area (Å²) in [6, 6.07) is 7.83. The molecule has 0 bridgehead atoms. The number of benzene rings is 1. The number of anilines is 1. The van der Waals surface area contributed by atoms with E-state index < -0.39 is 0 Å². The second-order valence-electron chi connectivity index (χ2n) is 10.1. The second kappa shape index (κ2) is 11.5. The molecular weight excluding hydrogens is 526 g/mol. The zero-order chi connectivity index (χ0) is 26.7. The molecule has 1 atom stereocenters. The highest BCUT2D eigenvalue weighted by Crippen LogP contribution is 2.45. The number of nitrogens with one attached hydrogen (secondary N) is 1. The van der Waals surface area contributed by atoms with Gasteiger partial charge in [-0.2, -0.15) is 5.26 Å². The number of carbonyl (C=O) groups excluding carboxylic acids is 1. The highest BCUT2D eigenvalue weighted by Gasteiger charge is 2.34. The first kappa shape index (κ1) is 27.5. The van der Waals surface area contributed by atoms with Crippen LogP contribution in [0.1, 0.15) is 61.0 Å². The lowest BCUT2D eigenvalue weighted by Crippen LogP contribution is -2.28. The number of carbonyl (C=O) groups is 1. The van der Waals surface area contributed by atoms with Crippen LogP contribution in [0.2, 0.25) is 5.02 Å². The normalized spacial score (nSPS) is 15.2. The van der Waals surface area contributed by atoms with Crippen LogP contribution < -0.4 is 10.1 Å². The van der Waals surface area contributed by atoms with Crippen molar-refractivity contribution in [3.8, 4) is 11.8 Å². The maximum atomic E-state index is 12.8. The summed E-state index contributed by atoms with van der Waals surface area (Å²) in [4.78, 5) is 14.0. The Hall–Kier alpha value is -2.54. The van der Waals surface area contributed by atoms with Crippen LogP contribution in [0.3, 0.4) is 0 Å². The molecule has 0 saturated heterocycles. The molecule has 1 unspecified atom stereocenters. The first-order valence-corrected chi connectivity index (χ1v) is 14.6. The highest BCUT2D eigenvalue weighted by molar-refractivity contribution is 7.99. The van der Waals surface area contributed by atoms with E-state index in [1.54, 1.807) is 17.4 Å². The third-order valence-electron chi connectivity index (χ3n) is 7.40. The van der Waals surface area contributed by atoms with E-state index in [1.165, 1.54) is 16.6 Å². The standard InChI is InChI=1S/C27H32ClN5O2S2/c1-6-27(3,4)17-7-9-19-20(13-29)25(37-22(19)12-17)30-24(34)15-36-26-32-31-23(33(26)5)14-35-18-8-10-21(28)16(2)11-18/h8,10-11,17H,6-7,9,12,14-15H2,1-5H3,(H,30,34). The number of nitriles is 1. The van der Waals surface area contributed by atoms with Gasteiger partial charge in [0.1, 0.15) is 23.4 Å². The molecule has 1 amide bonds. The van der Waals surface area contributed by atoms with Crippen LogP contribution in [0.5, 0.6) is 5.75 Å². The van der Waals surface area contributed by atoms with E-state index in [0.29, 0.717) is 38.2 Å². The number of hydrogen-bond donors (Lipinski definition) is 1. The van der Waals surface area contributed by atoms with E-state index in [-0.39, 0.29) is 23.7 Å². The topological polar surface area (TPSA) is 92.8 Å². The fraction of sp³-hybridized carbons (Fsp3) is 0.481. The van der Waals surface area contributed by atoms with Crippen molar-refractivity contribution in [1.82, 2.24) is 14.8 Å². The van der Waals surface area contributed by atoms with Crippen LogP contribution >= 0.6 is 34.7 Å². The Balaban J connectivity index is 1.35. The Morgan fingerprint density at radius 1 is 1.41 bits per heavy atom. The predicted molar refractivity (Wildman–Crippen MR) is 149 cm³/mol. The third-order valence-corrected chi connectivity index (χ3v) is 10.0. The summed E-state index contributed by atoms with van der Waals surface area (Å²) in [5.74, 6) is 1.95. The summed E-state index contributed by atoms with van der Waals surface area (Å²) in [7, 11) is 1.85. The van der Waals surface area contributed by atoms with Gasteiger partial charge in [-0.05, 0) is 66.8 Å². The van der Waals surface area contributed by atoms with Gasteiger partial charge in [0, 0.05) is 16.9 Å². The number of aryl methyl sites for hydroxylation is 1. The van der Waals surface area contributed by atoms with E-state index in [0.717, 1.165) is 36.8 Å². The molecular formula is C27H32ClN5O2S2. The van der Waals surface area contributed by atoms with Crippen LogP contribution in [0.15, 0.2) is 23.4 Å². The fourth-order valence-electron chi connectivity index (χ4n) is 4.49. The maximum Gasteiger partial charge on any atom is 0.235 e. The molecule has 1 aliphatic rings. The molecule has 2 aromatic heterocycles. The number of thiophene rings is 1. The average Bonchev–Trinajstić information content (AvgIpc) is 3.41. The molecule has 0 fully saturated rings. The average molecular weight is 558 g/mol. The summed E-state index contributed by atoms with van der Waals surface area (Å²) in [5.41, 5.74) is 2.95. The van der Waals surface area contributed by atoms with Crippen LogP contribution in [-0.2, 0) is 31.3 Å². The fourth-order valence-corrected chi connectivity index (χ4v) is 6.63. The second-order valence-corrected chi connectivity index (χ2v) is 12.6. The van der Waals surface area contributed by atoms with Gasteiger partial charge < -0.3 is 14.6 Å². The summed E-state index contributed by atoms with van der Waals surface area (Å²) in [5, 5.41) is 23.2. The molecule has 37 heavy (non-hydrogen) atoms. The smallest absolute Gasteiger partial charge is 0.235 e. The van der Waals surface area contributed by atoms with E-state index in [4.69, 9.17) is 16.3 Å². The van der Waals surface area contributed by atoms with E-state index in [1.807, 2.05) is 30.7 Å². The molecule has 10 heteroatoms. The third kappa shape index (κ3) is 6.14. The highest BCUT2D eigenvalue weighted by atomic mass is 35.5. The van der Waals surface area contributed by atoms with Crippen molar-refractivity contribution in [2.45, 2.75) is 65.1 Å². The van der Waals surface area contributed by atoms with E-state index >= 15 is 0 Å². The molecule has 4 rings (SSSR count). The van der Waals surface area contributed by atoms with Crippen molar-refractivity contribution in [3.63, 3.8) is 0 Å². The van der Waals surface area contributed by atoms with Gasteiger partial charge in [0.05, 0.1) is 11.3 Å². The van der Waals surface area contributed by atoms with Crippen molar-refractivity contribution in [1.29, 1.82) is 5.26 Å². The molecule has 3 aromatic rings. The molecule has 7 nitrogen and oxygen atoms in total. The minimum atomic E-state index is -0.164. The number of ether oxygens (including phenoxy) is 1.